The van der Waals surface area contributed by atoms with Crippen LogP contribution in [0.2, 0.25) is 0 Å². The van der Waals surface area contributed by atoms with E-state index in [-0.39, 0.29) is 11.1 Å². The van der Waals surface area contributed by atoms with Crippen molar-refractivity contribution in [3.63, 3.8) is 0 Å². The molecule has 4 atom stereocenters. The van der Waals surface area contributed by atoms with E-state index in [2.05, 4.69) is 116 Å². The Morgan fingerprint density at radius 1 is 1.00 bits per heavy atom. The fourth-order valence-corrected chi connectivity index (χ4v) is 11.8. The molecule has 0 aliphatic carbocycles. The molecule has 3 aromatic carbocycles. The van der Waals surface area contributed by atoms with E-state index in [0.717, 1.165) is 32.2 Å². The Labute approximate surface area is 299 Å². The molecule has 4 aromatic rings. The number of quaternary nitrogens is 1. The number of fused-ring (bicyclic) bond motifs is 3. The van der Waals surface area contributed by atoms with Gasteiger partial charge in [0.15, 0.2) is 0 Å². The largest absolute Gasteiger partial charge is 0.359 e. The minimum absolute atomic E-state index is 0.214. The summed E-state index contributed by atoms with van der Waals surface area (Å²) in [6.45, 7) is 8.26. The average Bonchev–Trinajstić information content (AvgIpc) is 3.76. The highest BCUT2D eigenvalue weighted by molar-refractivity contribution is 8.00. The molecule has 0 bridgehead atoms. The third-order valence-corrected chi connectivity index (χ3v) is 14.6. The fraction of sp³-hybridized carbons (Fsp3) is 0.385. The Morgan fingerprint density at radius 3 is 2.60 bits per heavy atom. The van der Waals surface area contributed by atoms with Crippen LogP contribution in [-0.4, -0.2) is 49.6 Å². The lowest BCUT2D eigenvalue weighted by Crippen LogP contribution is -2.51. The lowest BCUT2D eigenvalue weighted by Gasteiger charge is -2.38. The van der Waals surface area contributed by atoms with Crippen molar-refractivity contribution in [2.45, 2.75) is 73.4 Å². The molecule has 3 heterocycles. The average molecular weight is 720 g/mol. The molecule has 0 spiro atoms. The molecule has 5 nitrogen and oxygen atoms in total. The number of hydrogen-bond donors (Lipinski definition) is 1. The third-order valence-electron chi connectivity index (χ3n) is 9.95. The second-order valence-corrected chi connectivity index (χ2v) is 18.0. The summed E-state index contributed by atoms with van der Waals surface area (Å²) >= 11 is 5.73. The zero-order chi connectivity index (χ0) is 33.9. The molecule has 6 rings (SSSR count). The van der Waals surface area contributed by atoms with Crippen LogP contribution in [0.3, 0.4) is 0 Å². The van der Waals surface area contributed by atoms with Crippen LogP contribution < -0.4 is 9.38 Å². The zero-order valence-corrected chi connectivity index (χ0v) is 31.6. The molecule has 2 aliphatic rings. The molecule has 1 N–H and O–H groups in total. The lowest BCUT2D eigenvalue weighted by atomic mass is 9.96. The van der Waals surface area contributed by atoms with Gasteiger partial charge >= 0.3 is 0 Å². The summed E-state index contributed by atoms with van der Waals surface area (Å²) in [5, 5.41) is 4.07. The number of thiophene rings is 1. The molecule has 4 unspecified atom stereocenters. The number of hydrogen-bond acceptors (Lipinski definition) is 6. The molecule has 0 radical (unpaired) electrons. The minimum atomic E-state index is -4.03. The summed E-state index contributed by atoms with van der Waals surface area (Å²) in [6.07, 6.45) is 13.0. The smallest absolute Gasteiger partial charge is 0.265 e. The Kier molecular flexibility index (Phi) is 11.1. The van der Waals surface area contributed by atoms with Crippen molar-refractivity contribution in [1.29, 1.82) is 0 Å². The maximum atomic E-state index is 11.8. The Bertz CT molecular complexity index is 1920. The maximum Gasteiger partial charge on any atom is 0.265 e. The number of rotatable bonds is 14. The molecule has 2 aliphatic heterocycles. The topological polar surface area (TPSA) is 57.6 Å². The van der Waals surface area contributed by atoms with E-state index in [0.29, 0.717) is 28.7 Å². The monoisotopic (exact) mass is 719 g/mol. The number of thioether (sulfide) groups is 2. The second kappa shape index (κ2) is 15.2. The standard InChI is InChI=1S/C39H46N2O3S4/c1-5-8-9-10-13-29-16-18-35-33(24-29)40(7-3)37(46-35)25-28(6-2)26-38-41(4,21-12-23-48(42,43)44)34-27-31(17-19-36(34)47-38)32-15-11-14-30-20-22-45-39(30)32/h5,8-11,14-20,22,24,27-28,37-38H,6-7,12-13,21,23,25-26H2,1-4H3/p+1/b8-5-,10-9-. The first-order chi connectivity index (χ1) is 23.1. The number of allylic oxidation sites excluding steroid dienone is 4. The zero-order valence-electron chi connectivity index (χ0n) is 28.3. The molecule has 1 aromatic heterocycles. The first-order valence-electron chi connectivity index (χ1n) is 17.1. The normalized spacial score (nSPS) is 21.5. The van der Waals surface area contributed by atoms with Gasteiger partial charge in [0, 0.05) is 35.0 Å². The molecule has 0 amide bonds. The van der Waals surface area contributed by atoms with Crippen LogP contribution in [0.25, 0.3) is 21.2 Å². The van der Waals surface area contributed by atoms with Crippen LogP contribution in [-0.2, 0) is 16.5 Å². The number of anilines is 1. The lowest BCUT2D eigenvalue weighted by molar-refractivity contribution is 0.267. The number of nitrogens with zero attached hydrogens (tertiary/aromatic N) is 2. The summed E-state index contributed by atoms with van der Waals surface area (Å²) in [6, 6.07) is 22.5. The van der Waals surface area contributed by atoms with Gasteiger partial charge in [-0.1, -0.05) is 91.5 Å². The van der Waals surface area contributed by atoms with Crippen molar-refractivity contribution in [2.24, 2.45) is 5.92 Å². The van der Waals surface area contributed by atoms with E-state index < -0.39 is 10.1 Å². The predicted octanol–water partition coefficient (Wildman–Crippen LogP) is 10.7. The first kappa shape index (κ1) is 35.3. The van der Waals surface area contributed by atoms with Crippen LogP contribution in [0.4, 0.5) is 11.4 Å². The van der Waals surface area contributed by atoms with E-state index in [9.17, 15) is 13.0 Å². The third kappa shape index (κ3) is 7.62. The van der Waals surface area contributed by atoms with Gasteiger partial charge in [0.1, 0.15) is 11.1 Å². The van der Waals surface area contributed by atoms with Crippen molar-refractivity contribution in [3.05, 3.63) is 95.9 Å². The van der Waals surface area contributed by atoms with Crippen LogP contribution >= 0.6 is 34.9 Å². The first-order valence-corrected chi connectivity index (χ1v) is 21.3. The van der Waals surface area contributed by atoms with Crippen molar-refractivity contribution < 1.29 is 13.0 Å². The van der Waals surface area contributed by atoms with Crippen LogP contribution in [0.5, 0.6) is 0 Å². The highest BCUT2D eigenvalue weighted by atomic mass is 32.2. The van der Waals surface area contributed by atoms with Crippen LogP contribution in [0.1, 0.15) is 52.0 Å². The predicted molar refractivity (Wildman–Crippen MR) is 210 cm³/mol. The molecule has 254 valence electrons. The fourth-order valence-electron chi connectivity index (χ4n) is 7.27. The summed E-state index contributed by atoms with van der Waals surface area (Å²) in [5.74, 6) is 0.299. The van der Waals surface area contributed by atoms with Crippen molar-refractivity contribution >= 4 is 66.4 Å². The highest BCUT2D eigenvalue weighted by Gasteiger charge is 2.45. The van der Waals surface area contributed by atoms with Gasteiger partial charge in [0.25, 0.3) is 10.1 Å². The molecule has 0 saturated carbocycles. The summed E-state index contributed by atoms with van der Waals surface area (Å²) < 4.78 is 35.1. The molecule has 48 heavy (non-hydrogen) atoms. The van der Waals surface area contributed by atoms with Gasteiger partial charge < -0.3 is 4.90 Å². The highest BCUT2D eigenvalue weighted by Crippen LogP contribution is 2.53. The van der Waals surface area contributed by atoms with E-state index in [1.165, 1.54) is 47.9 Å². The molecule has 9 heteroatoms. The summed E-state index contributed by atoms with van der Waals surface area (Å²) in [7, 11) is -1.75. The van der Waals surface area contributed by atoms with E-state index in [1.807, 2.05) is 30.4 Å². The Balaban J connectivity index is 1.24. The van der Waals surface area contributed by atoms with Gasteiger partial charge in [0.05, 0.1) is 35.3 Å². The SMILES string of the molecule is C/C=C\C=C/Cc1ccc2c(c1)N(CC)C(CC(CC)CC1Sc3ccc(-c4cccc5ccsc45)cc3[N+]1(C)CCCS(=O)(=O)O)S2. The van der Waals surface area contributed by atoms with Crippen LogP contribution in [0, 0.1) is 5.92 Å². The summed E-state index contributed by atoms with van der Waals surface area (Å²) in [5.41, 5.74) is 6.40. The van der Waals surface area contributed by atoms with Crippen LogP contribution in [0.15, 0.2) is 100 Å². The Morgan fingerprint density at radius 2 is 1.83 bits per heavy atom. The van der Waals surface area contributed by atoms with E-state index >= 15 is 0 Å². The molecule has 0 fully saturated rings. The maximum absolute atomic E-state index is 11.8. The minimum Gasteiger partial charge on any atom is -0.359 e. The quantitative estimate of drug-likeness (QED) is 0.0795. The van der Waals surface area contributed by atoms with Gasteiger partial charge in [-0.2, -0.15) is 8.42 Å². The Hall–Kier alpha value is -2.53. The molecular weight excluding hydrogens is 673 g/mol. The van der Waals surface area contributed by atoms with E-state index in [1.54, 1.807) is 11.3 Å². The van der Waals surface area contributed by atoms with Gasteiger partial charge in [-0.05, 0) is 84.3 Å². The van der Waals surface area contributed by atoms with Gasteiger partial charge in [0.2, 0.25) is 0 Å². The van der Waals surface area contributed by atoms with Crippen molar-refractivity contribution in [3.8, 4) is 11.1 Å². The second-order valence-electron chi connectivity index (χ2n) is 13.1. The van der Waals surface area contributed by atoms with Crippen molar-refractivity contribution in [2.75, 3.05) is 30.8 Å². The van der Waals surface area contributed by atoms with Gasteiger partial charge in [-0.25, -0.2) is 0 Å². The van der Waals surface area contributed by atoms with E-state index in [4.69, 9.17) is 0 Å². The number of benzene rings is 3. The molecule has 0 saturated heterocycles. The van der Waals surface area contributed by atoms with Gasteiger partial charge in [-0.3, -0.25) is 9.04 Å². The van der Waals surface area contributed by atoms with Gasteiger partial charge in [-0.15, -0.1) is 11.3 Å². The molecular formula is C39H47N2O3S4+. The summed E-state index contributed by atoms with van der Waals surface area (Å²) in [4.78, 5) is 5.25. The van der Waals surface area contributed by atoms with Crippen molar-refractivity contribution in [1.82, 2.24) is 4.48 Å².